The third-order valence-corrected chi connectivity index (χ3v) is 3.52. The fraction of sp³-hybridized carbons (Fsp3) is 0.333. The second kappa shape index (κ2) is 6.96. The summed E-state index contributed by atoms with van der Waals surface area (Å²) in [4.78, 5) is 17.1. The molecular formula is C15H12F7N3O. The number of pyridine rings is 1. The Kier molecular flexibility index (Phi) is 5.28. The molecule has 0 fully saturated rings. The van der Waals surface area contributed by atoms with Crippen molar-refractivity contribution in [1.82, 2.24) is 15.3 Å². The van der Waals surface area contributed by atoms with Crippen LogP contribution in [0, 0.1) is 12.9 Å². The topological polar surface area (TPSA) is 57.8 Å². The van der Waals surface area contributed by atoms with E-state index in [1.807, 2.05) is 0 Å². The van der Waals surface area contributed by atoms with Crippen molar-refractivity contribution in [3.8, 4) is 0 Å². The SMILES string of the molecule is Cc1c(Cc2ccc(C(F)(F)F)nc2F)c[nH]c1C(=O)NCC(F)(F)F. The summed E-state index contributed by atoms with van der Waals surface area (Å²) in [5, 5.41) is 1.69. The van der Waals surface area contributed by atoms with E-state index in [0.717, 1.165) is 6.07 Å². The number of aromatic amines is 1. The molecule has 2 rings (SSSR count). The maximum absolute atomic E-state index is 13.8. The molecule has 2 aromatic rings. The van der Waals surface area contributed by atoms with E-state index in [0.29, 0.717) is 11.6 Å². The average Bonchev–Trinajstić information content (AvgIpc) is 2.86. The molecule has 0 atom stereocenters. The molecule has 2 N–H and O–H groups in total. The molecule has 0 saturated heterocycles. The highest BCUT2D eigenvalue weighted by Gasteiger charge is 2.33. The van der Waals surface area contributed by atoms with Gasteiger partial charge in [-0.2, -0.15) is 30.7 Å². The lowest BCUT2D eigenvalue weighted by molar-refractivity contribution is -0.141. The molecule has 0 aliphatic rings. The van der Waals surface area contributed by atoms with Crippen molar-refractivity contribution in [3.05, 3.63) is 52.4 Å². The summed E-state index contributed by atoms with van der Waals surface area (Å²) in [6.45, 7) is -0.0964. The third-order valence-electron chi connectivity index (χ3n) is 3.52. The lowest BCUT2D eigenvalue weighted by Gasteiger charge is -2.09. The van der Waals surface area contributed by atoms with Crippen LogP contribution in [0.25, 0.3) is 0 Å². The van der Waals surface area contributed by atoms with Gasteiger partial charge >= 0.3 is 12.4 Å². The number of nitrogens with one attached hydrogen (secondary N) is 2. The largest absolute Gasteiger partial charge is 0.433 e. The summed E-state index contributed by atoms with van der Waals surface area (Å²) in [6.07, 6.45) is -8.28. The quantitative estimate of drug-likeness (QED) is 0.624. The van der Waals surface area contributed by atoms with Gasteiger partial charge in [0, 0.05) is 18.2 Å². The van der Waals surface area contributed by atoms with Crippen LogP contribution in [0.5, 0.6) is 0 Å². The molecule has 0 radical (unpaired) electrons. The van der Waals surface area contributed by atoms with E-state index in [9.17, 15) is 35.5 Å². The Morgan fingerprint density at radius 1 is 1.15 bits per heavy atom. The van der Waals surface area contributed by atoms with Crippen LogP contribution in [-0.4, -0.2) is 28.6 Å². The number of H-pyrrole nitrogens is 1. The van der Waals surface area contributed by atoms with Gasteiger partial charge in [-0.15, -0.1) is 0 Å². The molecule has 0 unspecified atom stereocenters. The fourth-order valence-corrected chi connectivity index (χ4v) is 2.18. The van der Waals surface area contributed by atoms with E-state index < -0.39 is 36.4 Å². The van der Waals surface area contributed by atoms with E-state index in [2.05, 4.69) is 9.97 Å². The highest BCUT2D eigenvalue weighted by Crippen LogP contribution is 2.28. The van der Waals surface area contributed by atoms with Crippen LogP contribution >= 0.6 is 0 Å². The summed E-state index contributed by atoms with van der Waals surface area (Å²) in [5.41, 5.74) is -1.09. The maximum atomic E-state index is 13.8. The predicted octanol–water partition coefficient (Wildman–Crippen LogP) is 3.76. The van der Waals surface area contributed by atoms with Gasteiger partial charge in [-0.3, -0.25) is 4.79 Å². The van der Waals surface area contributed by atoms with Gasteiger partial charge in [0.2, 0.25) is 5.95 Å². The Morgan fingerprint density at radius 2 is 1.81 bits per heavy atom. The van der Waals surface area contributed by atoms with E-state index in [4.69, 9.17) is 0 Å². The van der Waals surface area contributed by atoms with Gasteiger partial charge in [-0.05, 0) is 24.1 Å². The number of rotatable bonds is 4. The highest BCUT2D eigenvalue weighted by molar-refractivity contribution is 5.94. The lowest BCUT2D eigenvalue weighted by atomic mass is 10.0. The van der Waals surface area contributed by atoms with Crippen molar-refractivity contribution >= 4 is 5.91 Å². The number of alkyl halides is 6. The molecule has 0 aliphatic carbocycles. The summed E-state index contributed by atoms with van der Waals surface area (Å²) < 4.78 is 87.6. The Labute approximate surface area is 142 Å². The van der Waals surface area contributed by atoms with Crippen molar-refractivity contribution < 1.29 is 35.5 Å². The van der Waals surface area contributed by atoms with Gasteiger partial charge in [0.15, 0.2) is 0 Å². The number of hydrogen-bond donors (Lipinski definition) is 2. The molecule has 0 aromatic carbocycles. The van der Waals surface area contributed by atoms with Gasteiger partial charge in [-0.25, -0.2) is 4.98 Å². The molecule has 0 bridgehead atoms. The van der Waals surface area contributed by atoms with Gasteiger partial charge < -0.3 is 10.3 Å². The molecule has 1 amide bonds. The first-order chi connectivity index (χ1) is 11.9. The van der Waals surface area contributed by atoms with Crippen molar-refractivity contribution in [1.29, 1.82) is 0 Å². The minimum Gasteiger partial charge on any atom is -0.357 e. The second-order valence-electron chi connectivity index (χ2n) is 5.43. The highest BCUT2D eigenvalue weighted by atomic mass is 19.4. The zero-order valence-corrected chi connectivity index (χ0v) is 13.1. The molecule has 142 valence electrons. The Bertz CT molecular complexity index is 809. The van der Waals surface area contributed by atoms with E-state index in [-0.39, 0.29) is 23.2 Å². The number of carbonyl (C=O) groups excluding carboxylic acids is 1. The average molecular weight is 383 g/mol. The number of nitrogens with zero attached hydrogens (tertiary/aromatic N) is 1. The van der Waals surface area contributed by atoms with Gasteiger partial charge in [0.25, 0.3) is 5.91 Å². The standard InChI is InChI=1S/C15H12F7N3O/c1-7-9(5-23-11(7)13(26)24-6-14(17,18)19)4-8-2-3-10(15(20,21)22)25-12(8)16/h2-3,5,23H,4,6H2,1H3,(H,24,26). The predicted molar refractivity (Wildman–Crippen MR) is 75.9 cm³/mol. The smallest absolute Gasteiger partial charge is 0.357 e. The zero-order chi connectivity index (χ0) is 19.7. The molecule has 0 spiro atoms. The monoisotopic (exact) mass is 383 g/mol. The molecule has 11 heteroatoms. The second-order valence-corrected chi connectivity index (χ2v) is 5.43. The number of hydrogen-bond acceptors (Lipinski definition) is 2. The molecular weight excluding hydrogens is 371 g/mol. The van der Waals surface area contributed by atoms with Crippen molar-refractivity contribution in [2.24, 2.45) is 0 Å². The first kappa shape index (κ1) is 19.7. The van der Waals surface area contributed by atoms with Crippen LogP contribution in [0.4, 0.5) is 30.7 Å². The molecule has 2 aromatic heterocycles. The summed E-state index contributed by atoms with van der Waals surface area (Å²) in [7, 11) is 0. The molecule has 4 nitrogen and oxygen atoms in total. The molecule has 0 aliphatic heterocycles. The maximum Gasteiger partial charge on any atom is 0.433 e. The minimum absolute atomic E-state index is 0.149. The summed E-state index contributed by atoms with van der Waals surface area (Å²) in [5.74, 6) is -2.32. The van der Waals surface area contributed by atoms with Crippen LogP contribution in [0.1, 0.15) is 32.9 Å². The third kappa shape index (κ3) is 4.73. The minimum atomic E-state index is -4.78. The Morgan fingerprint density at radius 3 is 2.35 bits per heavy atom. The molecule has 26 heavy (non-hydrogen) atoms. The van der Waals surface area contributed by atoms with Crippen LogP contribution in [0.3, 0.4) is 0 Å². The Hall–Kier alpha value is -2.59. The van der Waals surface area contributed by atoms with Gasteiger partial charge in [0.1, 0.15) is 17.9 Å². The normalized spacial score (nSPS) is 12.3. The van der Waals surface area contributed by atoms with E-state index in [1.54, 1.807) is 5.32 Å². The number of amides is 1. The van der Waals surface area contributed by atoms with Gasteiger partial charge in [0.05, 0.1) is 0 Å². The van der Waals surface area contributed by atoms with Crippen LogP contribution in [-0.2, 0) is 12.6 Å². The first-order valence-corrected chi connectivity index (χ1v) is 7.13. The van der Waals surface area contributed by atoms with Crippen molar-refractivity contribution in [2.75, 3.05) is 6.54 Å². The fourth-order valence-electron chi connectivity index (χ4n) is 2.18. The number of carbonyl (C=O) groups is 1. The molecule has 0 saturated carbocycles. The molecule has 2 heterocycles. The number of halogens is 7. The summed E-state index contributed by atoms with van der Waals surface area (Å²) in [6, 6.07) is 1.54. The van der Waals surface area contributed by atoms with Crippen molar-refractivity contribution in [3.63, 3.8) is 0 Å². The first-order valence-electron chi connectivity index (χ1n) is 7.13. The number of aromatic nitrogens is 2. The Balaban J connectivity index is 2.17. The summed E-state index contributed by atoms with van der Waals surface area (Å²) >= 11 is 0. The van der Waals surface area contributed by atoms with E-state index >= 15 is 0 Å². The van der Waals surface area contributed by atoms with Gasteiger partial charge in [-0.1, -0.05) is 6.07 Å². The zero-order valence-electron chi connectivity index (χ0n) is 13.1. The van der Waals surface area contributed by atoms with E-state index in [1.165, 1.54) is 13.1 Å². The van der Waals surface area contributed by atoms with Crippen molar-refractivity contribution in [2.45, 2.75) is 25.7 Å². The van der Waals surface area contributed by atoms with Crippen LogP contribution in [0.15, 0.2) is 18.3 Å². The van der Waals surface area contributed by atoms with Crippen LogP contribution in [0.2, 0.25) is 0 Å². The van der Waals surface area contributed by atoms with Crippen LogP contribution < -0.4 is 5.32 Å². The lowest BCUT2D eigenvalue weighted by Crippen LogP contribution is -2.34.